The normalized spacial score (nSPS) is 11.8. The van der Waals surface area contributed by atoms with Gasteiger partial charge in [-0.2, -0.15) is 9.78 Å². The third-order valence-corrected chi connectivity index (χ3v) is 8.94. The van der Waals surface area contributed by atoms with Gasteiger partial charge < -0.3 is 5.11 Å². The number of anilines is 1. The lowest BCUT2D eigenvalue weighted by Gasteiger charge is -2.11. The van der Waals surface area contributed by atoms with Crippen LogP contribution in [0, 0.1) is 6.92 Å². The Morgan fingerprint density at radius 3 is 2.53 bits per heavy atom. The molecular weight excluding hydrogens is 587 g/mol. The van der Waals surface area contributed by atoms with Crippen LogP contribution in [0.1, 0.15) is 41.2 Å². The topological polar surface area (TPSA) is 114 Å². The van der Waals surface area contributed by atoms with Crippen LogP contribution in [0.5, 0.6) is 0 Å². The summed E-state index contributed by atoms with van der Waals surface area (Å²) in [6.07, 6.45) is 1.22. The zero-order valence-corrected chi connectivity index (χ0v) is 24.8. The smallest absolute Gasteiger partial charge is 0.355 e. The van der Waals surface area contributed by atoms with E-state index in [0.29, 0.717) is 43.4 Å². The van der Waals surface area contributed by atoms with E-state index in [4.69, 9.17) is 28.2 Å². The number of para-hydroxylation sites is 1. The second-order valence-electron chi connectivity index (χ2n) is 8.77. The lowest BCUT2D eigenvalue weighted by Crippen LogP contribution is -2.13. The average Bonchev–Trinajstić information content (AvgIpc) is 3.36. The molecule has 0 saturated carbocycles. The first-order chi connectivity index (χ1) is 17.8. The largest absolute Gasteiger partial charge is 0.476 e. The molecule has 200 valence electrons. The van der Waals surface area contributed by atoms with Gasteiger partial charge >= 0.3 is 5.97 Å². The van der Waals surface area contributed by atoms with E-state index in [1.165, 1.54) is 16.0 Å². The molecule has 0 aliphatic rings. The Morgan fingerprint density at radius 1 is 1.18 bits per heavy atom. The molecular formula is C25H24Cl2N4O4S3. The zero-order chi connectivity index (χ0) is 27.8. The number of nitrogens with zero attached hydrogens (tertiary/aromatic N) is 3. The van der Waals surface area contributed by atoms with Gasteiger partial charge in [-0.3, -0.25) is 4.72 Å². The lowest BCUT2D eigenvalue weighted by atomic mass is 10.0. The van der Waals surface area contributed by atoms with Crippen LogP contribution in [-0.4, -0.2) is 45.8 Å². The Bertz CT molecular complexity index is 1630. The van der Waals surface area contributed by atoms with Crippen LogP contribution in [0.15, 0.2) is 46.7 Å². The Balaban J connectivity index is 1.84. The minimum atomic E-state index is -3.53. The number of thiazole rings is 1. The predicted molar refractivity (Wildman–Crippen MR) is 155 cm³/mol. The molecule has 4 aromatic rings. The molecule has 2 N–H and O–H groups in total. The Kier molecular flexibility index (Phi) is 8.43. The fourth-order valence-corrected chi connectivity index (χ4v) is 7.17. The molecule has 0 atom stereocenters. The molecule has 2 aromatic carbocycles. The number of hydrogen-bond acceptors (Lipinski definition) is 7. The Labute approximate surface area is 239 Å². The van der Waals surface area contributed by atoms with E-state index in [1.807, 2.05) is 6.07 Å². The summed E-state index contributed by atoms with van der Waals surface area (Å²) in [5.74, 6) is -1.17. The molecule has 0 aliphatic carbocycles. The highest BCUT2D eigenvalue weighted by atomic mass is 35.5. The van der Waals surface area contributed by atoms with Crippen LogP contribution in [0.4, 0.5) is 5.69 Å². The standard InChI is InChI=1S/C25H24Cl2N4O4S3/c1-13(2)36-24-21(16-9-10-18(26)19(27)12-16)28-25(37-24)31-22(23(32)33)17(14(3)29-31)11-15-7-5-6-8-20(15)30-38(4,34)35/h5-10,12-13,30H,11H2,1-4H3,(H,32,33). The molecule has 0 radical (unpaired) electrons. The van der Waals surface area contributed by atoms with Gasteiger partial charge in [0.05, 0.1) is 37.6 Å². The number of hydrogen-bond donors (Lipinski definition) is 2. The second-order valence-corrected chi connectivity index (χ2v) is 14.2. The number of benzene rings is 2. The van der Waals surface area contributed by atoms with E-state index in [9.17, 15) is 18.3 Å². The number of aromatic nitrogens is 3. The van der Waals surface area contributed by atoms with Crippen LogP contribution in [0.2, 0.25) is 10.0 Å². The van der Waals surface area contributed by atoms with Gasteiger partial charge in [-0.1, -0.05) is 72.7 Å². The van der Waals surface area contributed by atoms with Gasteiger partial charge in [-0.15, -0.1) is 11.8 Å². The number of rotatable bonds is 9. The third-order valence-electron chi connectivity index (χ3n) is 5.37. The molecule has 13 heteroatoms. The fraction of sp³-hybridized carbons (Fsp3) is 0.240. The van der Waals surface area contributed by atoms with Crippen molar-refractivity contribution in [2.75, 3.05) is 11.0 Å². The van der Waals surface area contributed by atoms with E-state index in [1.54, 1.807) is 55.1 Å². The molecule has 2 aromatic heterocycles. The van der Waals surface area contributed by atoms with E-state index in [-0.39, 0.29) is 17.4 Å². The first-order valence-corrected chi connectivity index (χ1v) is 15.7. The molecule has 0 amide bonds. The van der Waals surface area contributed by atoms with Gasteiger partial charge in [0.15, 0.2) is 5.69 Å². The van der Waals surface area contributed by atoms with Crippen molar-refractivity contribution in [3.63, 3.8) is 0 Å². The minimum Gasteiger partial charge on any atom is -0.476 e. The summed E-state index contributed by atoms with van der Waals surface area (Å²) in [7, 11) is -3.53. The van der Waals surface area contributed by atoms with E-state index >= 15 is 0 Å². The molecule has 2 heterocycles. The van der Waals surface area contributed by atoms with Gasteiger partial charge in [0.1, 0.15) is 0 Å². The SMILES string of the molecule is Cc1nn(-c2nc(-c3ccc(Cl)c(Cl)c3)c(SC(C)C)s2)c(C(=O)O)c1Cc1ccccc1NS(C)(=O)=O. The number of thioether (sulfide) groups is 1. The van der Waals surface area contributed by atoms with Gasteiger partial charge in [0, 0.05) is 22.8 Å². The van der Waals surface area contributed by atoms with Crippen molar-refractivity contribution >= 4 is 68.0 Å². The first-order valence-electron chi connectivity index (χ1n) is 11.3. The quantitative estimate of drug-likeness (QED) is 0.201. The van der Waals surface area contributed by atoms with Crippen molar-refractivity contribution in [2.45, 2.75) is 36.7 Å². The third kappa shape index (κ3) is 6.35. The van der Waals surface area contributed by atoms with Crippen LogP contribution < -0.4 is 4.72 Å². The highest BCUT2D eigenvalue weighted by Crippen LogP contribution is 2.41. The summed E-state index contributed by atoms with van der Waals surface area (Å²) < 4.78 is 28.4. The van der Waals surface area contributed by atoms with Crippen LogP contribution in [0.3, 0.4) is 0 Å². The molecule has 0 spiro atoms. The van der Waals surface area contributed by atoms with Gasteiger partial charge in [-0.25, -0.2) is 18.2 Å². The van der Waals surface area contributed by atoms with Crippen LogP contribution in [-0.2, 0) is 16.4 Å². The summed E-state index contributed by atoms with van der Waals surface area (Å²) in [6, 6.07) is 12.1. The molecule has 4 rings (SSSR count). The number of carboxylic acids is 1. The van der Waals surface area contributed by atoms with E-state index in [0.717, 1.165) is 16.0 Å². The van der Waals surface area contributed by atoms with Gasteiger partial charge in [0.25, 0.3) is 0 Å². The number of nitrogens with one attached hydrogen (secondary N) is 1. The summed E-state index contributed by atoms with van der Waals surface area (Å²) in [5.41, 5.74) is 3.35. The van der Waals surface area contributed by atoms with Gasteiger partial charge in [0.2, 0.25) is 15.2 Å². The second kappa shape index (κ2) is 11.3. The Hall–Kier alpha value is -2.57. The molecule has 8 nitrogen and oxygen atoms in total. The van der Waals surface area contributed by atoms with Crippen LogP contribution >= 0.6 is 46.3 Å². The van der Waals surface area contributed by atoms with Crippen molar-refractivity contribution in [1.29, 1.82) is 0 Å². The van der Waals surface area contributed by atoms with Crippen molar-refractivity contribution in [3.05, 3.63) is 75.0 Å². The first kappa shape index (κ1) is 28.4. The maximum absolute atomic E-state index is 12.5. The predicted octanol–water partition coefficient (Wildman–Crippen LogP) is 6.77. The monoisotopic (exact) mass is 610 g/mol. The van der Waals surface area contributed by atoms with E-state index in [2.05, 4.69) is 23.7 Å². The number of sulfonamides is 1. The highest BCUT2D eigenvalue weighted by molar-refractivity contribution is 8.01. The average molecular weight is 612 g/mol. The lowest BCUT2D eigenvalue weighted by molar-refractivity contribution is 0.0686. The molecule has 0 saturated heterocycles. The number of halogens is 2. The zero-order valence-electron chi connectivity index (χ0n) is 20.8. The molecule has 0 bridgehead atoms. The highest BCUT2D eigenvalue weighted by Gasteiger charge is 2.26. The Morgan fingerprint density at radius 2 is 1.89 bits per heavy atom. The van der Waals surface area contributed by atoms with Gasteiger partial charge in [-0.05, 0) is 30.7 Å². The minimum absolute atomic E-state index is 0.0350. The molecule has 38 heavy (non-hydrogen) atoms. The van der Waals surface area contributed by atoms with Crippen LogP contribution in [0.25, 0.3) is 16.4 Å². The van der Waals surface area contributed by atoms with Crippen molar-refractivity contribution in [3.8, 4) is 16.4 Å². The van der Waals surface area contributed by atoms with E-state index < -0.39 is 16.0 Å². The summed E-state index contributed by atoms with van der Waals surface area (Å²) >= 11 is 15.3. The van der Waals surface area contributed by atoms with Crippen molar-refractivity contribution in [1.82, 2.24) is 14.8 Å². The summed E-state index contributed by atoms with van der Waals surface area (Å²) in [4.78, 5) is 17.3. The number of aryl methyl sites for hydroxylation is 1. The number of aromatic carboxylic acids is 1. The fourth-order valence-electron chi connectivity index (χ4n) is 3.80. The van der Waals surface area contributed by atoms with Crippen molar-refractivity contribution in [2.24, 2.45) is 0 Å². The molecule has 0 fully saturated rings. The maximum atomic E-state index is 12.5. The number of carboxylic acid groups (broad SMARTS) is 1. The maximum Gasteiger partial charge on any atom is 0.355 e. The van der Waals surface area contributed by atoms with Crippen molar-refractivity contribution < 1.29 is 18.3 Å². The summed E-state index contributed by atoms with van der Waals surface area (Å²) in [5, 5.41) is 16.2. The summed E-state index contributed by atoms with van der Waals surface area (Å²) in [6.45, 7) is 5.84. The molecule has 0 unspecified atom stereocenters. The molecule has 0 aliphatic heterocycles. The number of carbonyl (C=O) groups is 1.